The van der Waals surface area contributed by atoms with E-state index in [2.05, 4.69) is 10.6 Å². The van der Waals surface area contributed by atoms with Crippen LogP contribution in [0, 0.1) is 10.1 Å². The lowest BCUT2D eigenvalue weighted by Gasteiger charge is -2.25. The first kappa shape index (κ1) is 16.9. The highest BCUT2D eigenvalue weighted by molar-refractivity contribution is 6.00. The molecular weight excluding hydrogens is 270 g/mol. The SMILES string of the molecule is CCCC(C)(C)NC(=O)c1cccc(NCC)c1[N+](=O)[O-]. The second-order valence-corrected chi connectivity index (χ2v) is 5.58. The number of benzene rings is 1. The van der Waals surface area contributed by atoms with Crippen LogP contribution in [-0.2, 0) is 0 Å². The van der Waals surface area contributed by atoms with Crippen molar-refractivity contribution in [3.63, 3.8) is 0 Å². The van der Waals surface area contributed by atoms with Gasteiger partial charge >= 0.3 is 5.69 Å². The summed E-state index contributed by atoms with van der Waals surface area (Å²) in [5, 5.41) is 17.1. The Labute approximate surface area is 125 Å². The summed E-state index contributed by atoms with van der Waals surface area (Å²) in [6.45, 7) is 8.25. The monoisotopic (exact) mass is 293 g/mol. The van der Waals surface area contributed by atoms with Gasteiger partial charge in [-0.1, -0.05) is 19.4 Å². The standard InChI is InChI=1S/C15H23N3O3/c1-5-10-15(3,4)17-14(19)11-8-7-9-12(16-6-2)13(11)18(20)21/h7-9,16H,5-6,10H2,1-4H3,(H,17,19). The number of carbonyl (C=O) groups is 1. The van der Waals surface area contributed by atoms with Crippen LogP contribution >= 0.6 is 0 Å². The van der Waals surface area contributed by atoms with Crippen molar-refractivity contribution in [2.75, 3.05) is 11.9 Å². The van der Waals surface area contributed by atoms with Gasteiger partial charge in [-0.15, -0.1) is 0 Å². The summed E-state index contributed by atoms with van der Waals surface area (Å²) in [4.78, 5) is 23.2. The van der Waals surface area contributed by atoms with Gasteiger partial charge in [0.1, 0.15) is 11.3 Å². The van der Waals surface area contributed by atoms with Gasteiger partial charge < -0.3 is 10.6 Å². The summed E-state index contributed by atoms with van der Waals surface area (Å²) in [5.74, 6) is -0.417. The maximum Gasteiger partial charge on any atom is 0.305 e. The number of para-hydroxylation sites is 1. The van der Waals surface area contributed by atoms with E-state index in [4.69, 9.17) is 0 Å². The van der Waals surface area contributed by atoms with Crippen molar-refractivity contribution in [3.05, 3.63) is 33.9 Å². The van der Waals surface area contributed by atoms with Crippen molar-refractivity contribution in [1.29, 1.82) is 0 Å². The number of nitro benzene ring substituents is 1. The van der Waals surface area contributed by atoms with E-state index < -0.39 is 16.4 Å². The van der Waals surface area contributed by atoms with Crippen LogP contribution in [0.25, 0.3) is 0 Å². The molecule has 1 rings (SSSR count). The number of hydrogen-bond acceptors (Lipinski definition) is 4. The Morgan fingerprint density at radius 3 is 2.52 bits per heavy atom. The van der Waals surface area contributed by atoms with Crippen molar-refractivity contribution in [2.24, 2.45) is 0 Å². The molecule has 0 spiro atoms. The van der Waals surface area contributed by atoms with E-state index in [1.165, 1.54) is 6.07 Å². The number of hydrogen-bond donors (Lipinski definition) is 2. The highest BCUT2D eigenvalue weighted by atomic mass is 16.6. The lowest BCUT2D eigenvalue weighted by Crippen LogP contribution is -2.43. The molecule has 0 aliphatic heterocycles. The molecular formula is C15H23N3O3. The molecule has 1 aromatic rings. The first-order valence-corrected chi connectivity index (χ1v) is 7.16. The molecule has 0 aliphatic carbocycles. The Hall–Kier alpha value is -2.11. The molecule has 0 bridgehead atoms. The number of anilines is 1. The van der Waals surface area contributed by atoms with Gasteiger partial charge in [0.05, 0.1) is 4.92 Å². The fourth-order valence-corrected chi connectivity index (χ4v) is 2.32. The van der Waals surface area contributed by atoms with Crippen LogP contribution in [-0.4, -0.2) is 22.9 Å². The van der Waals surface area contributed by atoms with Crippen molar-refractivity contribution >= 4 is 17.3 Å². The average molecular weight is 293 g/mol. The van der Waals surface area contributed by atoms with Gasteiger partial charge in [0.2, 0.25) is 0 Å². The maximum absolute atomic E-state index is 12.4. The van der Waals surface area contributed by atoms with Crippen molar-refractivity contribution < 1.29 is 9.72 Å². The molecule has 0 fully saturated rings. The molecule has 1 amide bonds. The Kier molecular flexibility index (Phi) is 5.69. The van der Waals surface area contributed by atoms with Crippen molar-refractivity contribution in [3.8, 4) is 0 Å². The summed E-state index contributed by atoms with van der Waals surface area (Å²) < 4.78 is 0. The predicted octanol–water partition coefficient (Wildman–Crippen LogP) is 3.34. The van der Waals surface area contributed by atoms with Crippen LogP contribution in [0.2, 0.25) is 0 Å². The molecule has 0 aliphatic rings. The van der Waals surface area contributed by atoms with Crippen LogP contribution in [0.15, 0.2) is 18.2 Å². The summed E-state index contributed by atoms with van der Waals surface area (Å²) in [7, 11) is 0. The van der Waals surface area contributed by atoms with Crippen molar-refractivity contribution in [1.82, 2.24) is 5.32 Å². The average Bonchev–Trinajstić information content (AvgIpc) is 2.37. The maximum atomic E-state index is 12.4. The number of nitro groups is 1. The quantitative estimate of drug-likeness (QED) is 0.596. The van der Waals surface area contributed by atoms with E-state index in [1.54, 1.807) is 12.1 Å². The van der Waals surface area contributed by atoms with E-state index in [-0.39, 0.29) is 11.3 Å². The van der Waals surface area contributed by atoms with Crippen LogP contribution < -0.4 is 10.6 Å². The molecule has 6 nitrogen and oxygen atoms in total. The van der Waals surface area contributed by atoms with E-state index in [9.17, 15) is 14.9 Å². The van der Waals surface area contributed by atoms with E-state index in [0.29, 0.717) is 12.2 Å². The molecule has 0 aromatic heterocycles. The molecule has 0 heterocycles. The Morgan fingerprint density at radius 2 is 2.00 bits per heavy atom. The lowest BCUT2D eigenvalue weighted by atomic mass is 9.98. The third kappa shape index (κ3) is 4.44. The zero-order valence-corrected chi connectivity index (χ0v) is 13.0. The van der Waals surface area contributed by atoms with Gasteiger partial charge in [0.25, 0.3) is 5.91 Å². The minimum absolute atomic E-state index is 0.0858. The minimum Gasteiger partial charge on any atom is -0.380 e. The van der Waals surface area contributed by atoms with E-state index in [0.717, 1.165) is 12.8 Å². The molecule has 0 saturated carbocycles. The molecule has 0 saturated heterocycles. The minimum atomic E-state index is -0.514. The molecule has 0 radical (unpaired) electrons. The number of nitrogens with zero attached hydrogens (tertiary/aromatic N) is 1. The molecule has 21 heavy (non-hydrogen) atoms. The third-order valence-electron chi connectivity index (χ3n) is 3.16. The van der Waals surface area contributed by atoms with Crippen LogP contribution in [0.1, 0.15) is 50.9 Å². The van der Waals surface area contributed by atoms with E-state index >= 15 is 0 Å². The van der Waals surface area contributed by atoms with Crippen molar-refractivity contribution in [2.45, 2.75) is 46.1 Å². The first-order valence-electron chi connectivity index (χ1n) is 7.16. The number of carbonyl (C=O) groups excluding carboxylic acids is 1. The topological polar surface area (TPSA) is 84.3 Å². The Bertz CT molecular complexity index is 527. The molecule has 116 valence electrons. The largest absolute Gasteiger partial charge is 0.380 e. The van der Waals surface area contributed by atoms with Crippen LogP contribution in [0.3, 0.4) is 0 Å². The fourth-order valence-electron chi connectivity index (χ4n) is 2.32. The number of rotatable bonds is 7. The summed E-state index contributed by atoms with van der Waals surface area (Å²) in [5.41, 5.74) is -0.122. The van der Waals surface area contributed by atoms with Gasteiger partial charge in [-0.2, -0.15) is 0 Å². The van der Waals surface area contributed by atoms with Gasteiger partial charge in [0.15, 0.2) is 0 Å². The zero-order chi connectivity index (χ0) is 16.0. The highest BCUT2D eigenvalue weighted by Gasteiger charge is 2.27. The highest BCUT2D eigenvalue weighted by Crippen LogP contribution is 2.29. The normalized spacial score (nSPS) is 11.0. The van der Waals surface area contributed by atoms with Crippen LogP contribution in [0.4, 0.5) is 11.4 Å². The fraction of sp³-hybridized carbons (Fsp3) is 0.533. The summed E-state index contributed by atoms with van der Waals surface area (Å²) in [6, 6.07) is 4.73. The number of nitrogens with one attached hydrogen (secondary N) is 2. The summed E-state index contributed by atoms with van der Waals surface area (Å²) >= 11 is 0. The van der Waals surface area contributed by atoms with Gasteiger partial charge in [0, 0.05) is 12.1 Å². The smallest absolute Gasteiger partial charge is 0.305 e. The Balaban J connectivity index is 3.15. The Morgan fingerprint density at radius 1 is 1.33 bits per heavy atom. The van der Waals surface area contributed by atoms with Gasteiger partial charge in [-0.05, 0) is 39.3 Å². The second kappa shape index (κ2) is 7.06. The molecule has 2 N–H and O–H groups in total. The first-order chi connectivity index (χ1) is 9.82. The second-order valence-electron chi connectivity index (χ2n) is 5.58. The van der Waals surface area contributed by atoms with Crippen LogP contribution in [0.5, 0.6) is 0 Å². The predicted molar refractivity (Wildman–Crippen MR) is 83.7 cm³/mol. The molecule has 0 unspecified atom stereocenters. The molecule has 6 heteroatoms. The lowest BCUT2D eigenvalue weighted by molar-refractivity contribution is -0.384. The van der Waals surface area contributed by atoms with E-state index in [1.807, 2.05) is 27.7 Å². The zero-order valence-electron chi connectivity index (χ0n) is 13.0. The van der Waals surface area contributed by atoms with Gasteiger partial charge in [-0.25, -0.2) is 0 Å². The molecule has 1 aromatic carbocycles. The summed E-state index contributed by atoms with van der Waals surface area (Å²) in [6.07, 6.45) is 1.73. The third-order valence-corrected chi connectivity index (χ3v) is 3.16. The van der Waals surface area contributed by atoms with Gasteiger partial charge in [-0.3, -0.25) is 14.9 Å². The number of amides is 1. The molecule has 0 atom stereocenters.